The first-order valence-electron chi connectivity index (χ1n) is 8.42. The van der Waals surface area contributed by atoms with Crippen LogP contribution >= 0.6 is 0 Å². The number of pyridine rings is 1. The normalized spacial score (nSPS) is 27.3. The average Bonchev–Trinajstić information content (AvgIpc) is 2.94. The highest BCUT2D eigenvalue weighted by atomic mass is 16.7. The van der Waals surface area contributed by atoms with Crippen molar-refractivity contribution in [2.24, 2.45) is 0 Å². The van der Waals surface area contributed by atoms with Gasteiger partial charge in [0.15, 0.2) is 0 Å². The van der Waals surface area contributed by atoms with Crippen molar-refractivity contribution >= 4 is 18.6 Å². The first-order valence-corrected chi connectivity index (χ1v) is 8.42. The van der Waals surface area contributed by atoms with Gasteiger partial charge in [-0.15, -0.1) is 0 Å². The van der Waals surface area contributed by atoms with Crippen molar-refractivity contribution in [3.05, 3.63) is 28.2 Å². The van der Waals surface area contributed by atoms with Crippen LogP contribution in [-0.2, 0) is 14.1 Å². The first-order chi connectivity index (χ1) is 11.1. The zero-order chi connectivity index (χ0) is 17.9. The third-order valence-electron chi connectivity index (χ3n) is 5.66. The minimum absolute atomic E-state index is 0.0566. The van der Waals surface area contributed by atoms with Gasteiger partial charge in [0.05, 0.1) is 11.2 Å². The van der Waals surface area contributed by atoms with Crippen molar-refractivity contribution in [2.75, 3.05) is 0 Å². The molecule has 0 amide bonds. The number of nitrogens with zero attached hydrogens (tertiary/aromatic N) is 1. The topological polar surface area (TPSA) is 77.8 Å². The molecule has 0 aromatic carbocycles. The number of fused-ring (bicyclic) bond motifs is 1. The number of carboxylic acids is 1. The molecule has 2 aliphatic rings. The van der Waals surface area contributed by atoms with E-state index in [1.807, 2.05) is 40.7 Å². The quantitative estimate of drug-likeness (QED) is 0.852. The fourth-order valence-corrected chi connectivity index (χ4v) is 3.47. The Morgan fingerprint density at radius 1 is 1.29 bits per heavy atom. The molecule has 7 heteroatoms. The lowest BCUT2D eigenvalue weighted by Crippen LogP contribution is -2.41. The summed E-state index contributed by atoms with van der Waals surface area (Å²) in [6.45, 7) is 9.85. The zero-order valence-electron chi connectivity index (χ0n) is 14.8. The molecule has 24 heavy (non-hydrogen) atoms. The number of carbonyl (C=O) groups is 1. The summed E-state index contributed by atoms with van der Waals surface area (Å²) >= 11 is 0. The number of aromatic nitrogens is 1. The standard InChI is InChI=1S/C17H24BNO5/c1-6-10-7-13(15(21)22)19-12(10)8-11(9-14(19)20)18-23-16(2,3)17(4,5)24-18/h8-10,13H,6-7H2,1-5H3,(H,21,22)/t10?,13-/m0/s1. The molecule has 1 saturated heterocycles. The average molecular weight is 333 g/mol. The van der Waals surface area contributed by atoms with Gasteiger partial charge in [-0.1, -0.05) is 6.92 Å². The number of hydrogen-bond donors (Lipinski definition) is 1. The molecule has 130 valence electrons. The molecule has 0 radical (unpaired) electrons. The van der Waals surface area contributed by atoms with Gasteiger partial charge in [0.25, 0.3) is 5.56 Å². The lowest BCUT2D eigenvalue weighted by atomic mass is 9.78. The Labute approximate surface area is 141 Å². The third-order valence-corrected chi connectivity index (χ3v) is 5.66. The van der Waals surface area contributed by atoms with Crippen molar-refractivity contribution < 1.29 is 19.2 Å². The molecule has 1 N–H and O–H groups in total. The molecule has 0 aliphatic carbocycles. The van der Waals surface area contributed by atoms with Crippen LogP contribution in [0.5, 0.6) is 0 Å². The van der Waals surface area contributed by atoms with E-state index in [2.05, 4.69) is 0 Å². The van der Waals surface area contributed by atoms with E-state index in [1.54, 1.807) is 0 Å². The number of rotatable bonds is 3. The van der Waals surface area contributed by atoms with E-state index in [1.165, 1.54) is 10.6 Å². The van der Waals surface area contributed by atoms with E-state index in [0.29, 0.717) is 11.9 Å². The van der Waals surface area contributed by atoms with Crippen LogP contribution in [0.3, 0.4) is 0 Å². The number of aliphatic carboxylic acids is 1. The van der Waals surface area contributed by atoms with Crippen LogP contribution in [0.2, 0.25) is 0 Å². The van der Waals surface area contributed by atoms with Gasteiger partial charge >= 0.3 is 13.1 Å². The number of hydrogen-bond acceptors (Lipinski definition) is 4. The first kappa shape index (κ1) is 17.2. The van der Waals surface area contributed by atoms with Gasteiger partial charge in [0.2, 0.25) is 0 Å². The molecule has 0 bridgehead atoms. The van der Waals surface area contributed by atoms with Crippen molar-refractivity contribution in [3.63, 3.8) is 0 Å². The van der Waals surface area contributed by atoms with Crippen LogP contribution in [0.25, 0.3) is 0 Å². The Morgan fingerprint density at radius 3 is 2.38 bits per heavy atom. The fourth-order valence-electron chi connectivity index (χ4n) is 3.47. The van der Waals surface area contributed by atoms with E-state index < -0.39 is 30.3 Å². The molecule has 1 fully saturated rings. The second kappa shape index (κ2) is 5.46. The van der Waals surface area contributed by atoms with Gasteiger partial charge in [0.1, 0.15) is 6.04 Å². The number of carboxylic acid groups (broad SMARTS) is 1. The molecule has 3 heterocycles. The Balaban J connectivity index is 2.04. The summed E-state index contributed by atoms with van der Waals surface area (Å²) < 4.78 is 13.5. The summed E-state index contributed by atoms with van der Waals surface area (Å²) in [5.74, 6) is -0.904. The van der Waals surface area contributed by atoms with E-state index in [0.717, 1.165) is 12.1 Å². The van der Waals surface area contributed by atoms with E-state index in [4.69, 9.17) is 9.31 Å². The lowest BCUT2D eigenvalue weighted by molar-refractivity contribution is -0.140. The highest BCUT2D eigenvalue weighted by Gasteiger charge is 2.52. The van der Waals surface area contributed by atoms with Crippen LogP contribution in [0.15, 0.2) is 16.9 Å². The molecular weight excluding hydrogens is 309 g/mol. The smallest absolute Gasteiger partial charge is 0.480 e. The molecule has 1 unspecified atom stereocenters. The van der Waals surface area contributed by atoms with Gasteiger partial charge < -0.3 is 14.4 Å². The van der Waals surface area contributed by atoms with Crippen molar-refractivity contribution in [1.29, 1.82) is 0 Å². The van der Waals surface area contributed by atoms with Crippen molar-refractivity contribution in [1.82, 2.24) is 4.57 Å². The van der Waals surface area contributed by atoms with Gasteiger partial charge in [0, 0.05) is 17.7 Å². The van der Waals surface area contributed by atoms with Gasteiger partial charge in [-0.25, -0.2) is 4.79 Å². The highest BCUT2D eigenvalue weighted by Crippen LogP contribution is 2.38. The summed E-state index contributed by atoms with van der Waals surface area (Å²) in [4.78, 5) is 24.1. The maximum absolute atomic E-state index is 12.6. The summed E-state index contributed by atoms with van der Waals surface area (Å²) in [5, 5.41) is 9.41. The monoisotopic (exact) mass is 333 g/mol. The summed E-state index contributed by atoms with van der Waals surface area (Å²) in [6.07, 6.45) is 1.24. The molecule has 2 aliphatic heterocycles. The summed E-state index contributed by atoms with van der Waals surface area (Å²) in [7, 11) is -0.616. The van der Waals surface area contributed by atoms with Crippen LogP contribution in [0.1, 0.15) is 65.1 Å². The molecule has 3 rings (SSSR count). The van der Waals surface area contributed by atoms with E-state index >= 15 is 0 Å². The van der Waals surface area contributed by atoms with Gasteiger partial charge in [-0.3, -0.25) is 9.36 Å². The Bertz CT molecular complexity index is 723. The molecule has 2 atom stereocenters. The van der Waals surface area contributed by atoms with Crippen LogP contribution in [-0.4, -0.2) is 34.0 Å². The SMILES string of the molecule is CCC1C[C@@H](C(=O)O)n2c1cc(B1OC(C)(C)C(C)(C)O1)cc2=O. The molecule has 1 aromatic rings. The van der Waals surface area contributed by atoms with Crippen LogP contribution < -0.4 is 11.0 Å². The van der Waals surface area contributed by atoms with E-state index in [-0.39, 0.29) is 11.5 Å². The zero-order valence-corrected chi connectivity index (χ0v) is 14.8. The molecule has 0 saturated carbocycles. The summed E-state index contributed by atoms with van der Waals surface area (Å²) in [5.41, 5.74) is 0.151. The van der Waals surface area contributed by atoms with E-state index in [9.17, 15) is 14.7 Å². The maximum atomic E-state index is 12.6. The largest absolute Gasteiger partial charge is 0.495 e. The molecule has 1 aromatic heterocycles. The van der Waals surface area contributed by atoms with Crippen molar-refractivity contribution in [3.8, 4) is 0 Å². The predicted octanol–water partition coefficient (Wildman–Crippen LogP) is 1.67. The molecular formula is C17H24BNO5. The Hall–Kier alpha value is -1.60. The van der Waals surface area contributed by atoms with Crippen LogP contribution in [0, 0.1) is 0 Å². The fraction of sp³-hybridized carbons (Fsp3) is 0.647. The second-order valence-corrected chi connectivity index (χ2v) is 7.70. The van der Waals surface area contributed by atoms with Crippen LogP contribution in [0.4, 0.5) is 0 Å². The highest BCUT2D eigenvalue weighted by molar-refractivity contribution is 6.62. The maximum Gasteiger partial charge on any atom is 0.495 e. The predicted molar refractivity (Wildman–Crippen MR) is 90.7 cm³/mol. The van der Waals surface area contributed by atoms with Crippen molar-refractivity contribution in [2.45, 2.75) is 70.6 Å². The second-order valence-electron chi connectivity index (χ2n) is 7.70. The molecule has 6 nitrogen and oxygen atoms in total. The van der Waals surface area contributed by atoms with Gasteiger partial charge in [-0.2, -0.15) is 0 Å². The third kappa shape index (κ3) is 2.50. The minimum atomic E-state index is -0.960. The Kier molecular flexibility index (Phi) is 3.92. The summed E-state index contributed by atoms with van der Waals surface area (Å²) in [6, 6.07) is 2.53. The molecule has 0 spiro atoms. The minimum Gasteiger partial charge on any atom is -0.480 e. The Morgan fingerprint density at radius 2 is 1.88 bits per heavy atom. The van der Waals surface area contributed by atoms with Gasteiger partial charge in [-0.05, 0) is 52.1 Å². The lowest BCUT2D eigenvalue weighted by Gasteiger charge is -2.32.